The van der Waals surface area contributed by atoms with Crippen molar-refractivity contribution in [1.82, 2.24) is 0 Å². The second kappa shape index (κ2) is 9.09. The van der Waals surface area contributed by atoms with E-state index in [1.54, 1.807) is 6.08 Å². The number of hydrogen-bond acceptors (Lipinski definition) is 4. The van der Waals surface area contributed by atoms with Crippen LogP contribution in [0.1, 0.15) is 16.7 Å². The Hall–Kier alpha value is -3.99. The molecule has 138 valence electrons. The van der Waals surface area contributed by atoms with E-state index in [0.717, 1.165) is 16.7 Å². The number of esters is 1. The Kier molecular flexibility index (Phi) is 6.10. The van der Waals surface area contributed by atoms with Crippen molar-refractivity contribution < 1.29 is 14.5 Å². The van der Waals surface area contributed by atoms with Crippen LogP contribution in [-0.4, -0.2) is 10.9 Å². The molecule has 0 saturated carbocycles. The molecule has 0 aliphatic heterocycles. The van der Waals surface area contributed by atoms with E-state index in [1.807, 2.05) is 66.7 Å². The van der Waals surface area contributed by atoms with Crippen LogP contribution in [0.25, 0.3) is 18.2 Å². The van der Waals surface area contributed by atoms with Gasteiger partial charge in [-0.15, -0.1) is 0 Å². The topological polar surface area (TPSA) is 69.4 Å². The van der Waals surface area contributed by atoms with Gasteiger partial charge in [0.15, 0.2) is 0 Å². The van der Waals surface area contributed by atoms with Gasteiger partial charge >= 0.3 is 5.97 Å². The first kappa shape index (κ1) is 18.8. The van der Waals surface area contributed by atoms with Crippen molar-refractivity contribution in [3.63, 3.8) is 0 Å². The maximum absolute atomic E-state index is 11.9. The summed E-state index contributed by atoms with van der Waals surface area (Å²) in [7, 11) is 0. The highest BCUT2D eigenvalue weighted by molar-refractivity contribution is 5.88. The SMILES string of the molecule is O=C(/C=C/c1ccc(/C=C/c2ccccc2)cc1)Oc1ccc([N+](=O)[O-])cc1. The second-order valence-electron chi connectivity index (χ2n) is 5.92. The predicted octanol–water partition coefficient (Wildman–Crippen LogP) is 5.38. The molecule has 0 spiro atoms. The molecule has 0 aliphatic carbocycles. The minimum atomic E-state index is -0.554. The average molecular weight is 371 g/mol. The quantitative estimate of drug-likeness (QED) is 0.146. The molecule has 0 unspecified atom stereocenters. The second-order valence-corrected chi connectivity index (χ2v) is 5.92. The normalized spacial score (nSPS) is 11.0. The lowest BCUT2D eigenvalue weighted by Gasteiger charge is -2.01. The molecule has 3 rings (SSSR count). The number of carbonyl (C=O) groups is 1. The lowest BCUT2D eigenvalue weighted by atomic mass is 10.1. The third-order valence-corrected chi connectivity index (χ3v) is 3.88. The lowest BCUT2D eigenvalue weighted by molar-refractivity contribution is -0.384. The Bertz CT molecular complexity index is 1000. The number of rotatable bonds is 6. The molecule has 0 radical (unpaired) electrons. The summed E-state index contributed by atoms with van der Waals surface area (Å²) < 4.78 is 5.12. The highest BCUT2D eigenvalue weighted by atomic mass is 16.6. The predicted molar refractivity (Wildman–Crippen MR) is 110 cm³/mol. The number of hydrogen-bond donors (Lipinski definition) is 0. The molecule has 0 atom stereocenters. The van der Waals surface area contributed by atoms with Gasteiger partial charge in [0, 0.05) is 18.2 Å². The van der Waals surface area contributed by atoms with Gasteiger partial charge in [0.2, 0.25) is 0 Å². The van der Waals surface area contributed by atoms with Gasteiger partial charge in [-0.05, 0) is 34.9 Å². The van der Waals surface area contributed by atoms with E-state index in [0.29, 0.717) is 0 Å². The number of nitro groups is 1. The van der Waals surface area contributed by atoms with E-state index in [4.69, 9.17) is 4.74 Å². The zero-order chi connectivity index (χ0) is 19.8. The summed E-state index contributed by atoms with van der Waals surface area (Å²) in [6.45, 7) is 0. The van der Waals surface area contributed by atoms with Crippen molar-refractivity contribution in [2.24, 2.45) is 0 Å². The fraction of sp³-hybridized carbons (Fsp3) is 0. The standard InChI is InChI=1S/C23H17NO4/c25-23(28-22-15-13-21(14-16-22)24(26)27)17-12-20-10-8-19(9-11-20)7-6-18-4-2-1-3-5-18/h1-17H/b7-6+,17-12+. The molecule has 0 fully saturated rings. The first-order valence-corrected chi connectivity index (χ1v) is 8.58. The maximum Gasteiger partial charge on any atom is 0.336 e. The van der Waals surface area contributed by atoms with Crippen LogP contribution in [0.2, 0.25) is 0 Å². The fourth-order valence-corrected chi connectivity index (χ4v) is 2.43. The number of non-ortho nitro benzene ring substituents is 1. The smallest absolute Gasteiger partial charge is 0.336 e. The molecule has 0 amide bonds. The summed E-state index contributed by atoms with van der Waals surface area (Å²) >= 11 is 0. The minimum absolute atomic E-state index is 0.0586. The van der Waals surface area contributed by atoms with Crippen molar-refractivity contribution in [3.8, 4) is 5.75 Å². The summed E-state index contributed by atoms with van der Waals surface area (Å²) in [4.78, 5) is 22.0. The van der Waals surface area contributed by atoms with E-state index in [1.165, 1.54) is 30.3 Å². The first-order chi connectivity index (χ1) is 13.6. The first-order valence-electron chi connectivity index (χ1n) is 8.58. The van der Waals surface area contributed by atoms with Crippen LogP contribution >= 0.6 is 0 Å². The fourth-order valence-electron chi connectivity index (χ4n) is 2.43. The summed E-state index contributed by atoms with van der Waals surface area (Å²) in [6, 6.07) is 23.1. The van der Waals surface area contributed by atoms with Crippen molar-refractivity contribution in [2.75, 3.05) is 0 Å². The molecule has 0 N–H and O–H groups in total. The summed E-state index contributed by atoms with van der Waals surface area (Å²) in [5.41, 5.74) is 2.98. The Morgan fingerprint density at radius 2 is 1.29 bits per heavy atom. The summed E-state index contributed by atoms with van der Waals surface area (Å²) in [6.07, 6.45) is 7.02. The van der Waals surface area contributed by atoms with Crippen LogP contribution in [0.3, 0.4) is 0 Å². The maximum atomic E-state index is 11.9. The minimum Gasteiger partial charge on any atom is -0.423 e. The van der Waals surface area contributed by atoms with Crippen LogP contribution in [-0.2, 0) is 4.79 Å². The summed E-state index contributed by atoms with van der Waals surface area (Å²) in [5.74, 6) is -0.302. The molecule has 0 bridgehead atoms. The van der Waals surface area contributed by atoms with E-state index >= 15 is 0 Å². The van der Waals surface area contributed by atoms with Crippen LogP contribution in [0.15, 0.2) is 84.9 Å². The summed E-state index contributed by atoms with van der Waals surface area (Å²) in [5, 5.41) is 10.6. The third-order valence-electron chi connectivity index (χ3n) is 3.88. The molecule has 0 heterocycles. The zero-order valence-corrected chi connectivity index (χ0v) is 14.9. The van der Waals surface area contributed by atoms with Crippen molar-refractivity contribution >= 4 is 29.9 Å². The average Bonchev–Trinajstić information content (AvgIpc) is 2.72. The lowest BCUT2D eigenvalue weighted by Crippen LogP contribution is -2.03. The van der Waals surface area contributed by atoms with Gasteiger partial charge in [-0.1, -0.05) is 66.7 Å². The Morgan fingerprint density at radius 1 is 0.750 bits per heavy atom. The van der Waals surface area contributed by atoms with Crippen LogP contribution in [0.4, 0.5) is 5.69 Å². The molecule has 5 nitrogen and oxygen atoms in total. The molecule has 28 heavy (non-hydrogen) atoms. The number of nitrogens with zero attached hydrogens (tertiary/aromatic N) is 1. The highest BCUT2D eigenvalue weighted by Crippen LogP contribution is 2.17. The molecule has 3 aromatic rings. The van der Waals surface area contributed by atoms with E-state index < -0.39 is 10.9 Å². The van der Waals surface area contributed by atoms with Gasteiger partial charge in [-0.3, -0.25) is 10.1 Å². The number of carbonyl (C=O) groups excluding carboxylic acids is 1. The monoisotopic (exact) mass is 371 g/mol. The van der Waals surface area contributed by atoms with E-state index in [-0.39, 0.29) is 11.4 Å². The molecule has 0 saturated heterocycles. The molecule has 5 heteroatoms. The van der Waals surface area contributed by atoms with Gasteiger partial charge in [0.1, 0.15) is 5.75 Å². The van der Waals surface area contributed by atoms with E-state index in [2.05, 4.69) is 0 Å². The van der Waals surface area contributed by atoms with Crippen molar-refractivity contribution in [3.05, 3.63) is 112 Å². The number of benzene rings is 3. The van der Waals surface area contributed by atoms with Gasteiger partial charge < -0.3 is 4.74 Å². The van der Waals surface area contributed by atoms with Gasteiger partial charge in [0.05, 0.1) is 4.92 Å². The molecule has 0 aromatic heterocycles. The van der Waals surface area contributed by atoms with Gasteiger partial charge in [-0.25, -0.2) is 4.79 Å². The molecule has 3 aromatic carbocycles. The van der Waals surface area contributed by atoms with Crippen LogP contribution in [0, 0.1) is 10.1 Å². The third kappa shape index (κ3) is 5.51. The zero-order valence-electron chi connectivity index (χ0n) is 14.9. The molecular formula is C23H17NO4. The van der Waals surface area contributed by atoms with Crippen molar-refractivity contribution in [2.45, 2.75) is 0 Å². The number of ether oxygens (including phenoxy) is 1. The molecule has 0 aliphatic rings. The van der Waals surface area contributed by atoms with E-state index in [9.17, 15) is 14.9 Å². The van der Waals surface area contributed by atoms with Crippen molar-refractivity contribution in [1.29, 1.82) is 0 Å². The number of nitro benzene ring substituents is 1. The van der Waals surface area contributed by atoms with Gasteiger partial charge in [-0.2, -0.15) is 0 Å². The van der Waals surface area contributed by atoms with Crippen LogP contribution in [0.5, 0.6) is 5.75 Å². The Morgan fingerprint density at radius 3 is 1.86 bits per heavy atom. The van der Waals surface area contributed by atoms with Gasteiger partial charge in [0.25, 0.3) is 5.69 Å². The Balaban J connectivity index is 1.57. The largest absolute Gasteiger partial charge is 0.423 e. The highest BCUT2D eigenvalue weighted by Gasteiger charge is 2.06. The van der Waals surface area contributed by atoms with Crippen LogP contribution < -0.4 is 4.74 Å². The molecular weight excluding hydrogens is 354 g/mol. The Labute approximate surface area is 162 Å².